The molecule has 17 heavy (non-hydrogen) atoms. The van der Waals surface area contributed by atoms with Crippen molar-refractivity contribution in [3.8, 4) is 0 Å². The predicted octanol–water partition coefficient (Wildman–Crippen LogP) is 3.97. The molecule has 1 atom stereocenters. The Morgan fingerprint density at radius 1 is 1.41 bits per heavy atom. The number of nitrogens with one attached hydrogen (secondary N) is 1. The number of benzene rings is 1. The first-order chi connectivity index (χ1) is 8.20. The zero-order valence-corrected chi connectivity index (χ0v) is 10.2. The molecule has 0 amide bonds. The minimum absolute atomic E-state index is 0.129. The number of unbranched alkanes of at least 4 members (excludes halogenated alkanes) is 1. The largest absolute Gasteiger partial charge is 0.310 e. The van der Waals surface area contributed by atoms with Gasteiger partial charge in [0.05, 0.1) is 0 Å². The maximum atomic E-state index is 13.6. The number of allylic oxidation sites excluding steroid dienone is 1. The third kappa shape index (κ3) is 3.93. The summed E-state index contributed by atoms with van der Waals surface area (Å²) in [5.74, 6) is -1.52. The quantitative estimate of drug-likeness (QED) is 0.560. The van der Waals surface area contributed by atoms with Crippen LogP contribution in [0.25, 0.3) is 0 Å². The van der Waals surface area contributed by atoms with Crippen LogP contribution in [-0.4, -0.2) is 6.54 Å². The molecular formula is C14H19F2N. The van der Waals surface area contributed by atoms with Gasteiger partial charge in [-0.25, -0.2) is 8.78 Å². The Labute approximate surface area is 102 Å². The van der Waals surface area contributed by atoms with Gasteiger partial charge in [0.2, 0.25) is 0 Å². The Bertz CT molecular complexity index is 363. The summed E-state index contributed by atoms with van der Waals surface area (Å²) in [6.45, 7) is 6.34. The second kappa shape index (κ2) is 7.17. The first-order valence-corrected chi connectivity index (χ1v) is 5.98. The van der Waals surface area contributed by atoms with Crippen LogP contribution < -0.4 is 5.32 Å². The molecule has 0 bridgehead atoms. The Morgan fingerprint density at radius 2 is 2.18 bits per heavy atom. The number of hydrogen-bond acceptors (Lipinski definition) is 1. The van der Waals surface area contributed by atoms with Gasteiger partial charge >= 0.3 is 0 Å². The second-order valence-corrected chi connectivity index (χ2v) is 3.97. The van der Waals surface area contributed by atoms with Gasteiger partial charge in [-0.05, 0) is 31.9 Å². The fourth-order valence-electron chi connectivity index (χ4n) is 1.87. The number of hydrogen-bond donors (Lipinski definition) is 1. The van der Waals surface area contributed by atoms with Crippen LogP contribution in [0.2, 0.25) is 0 Å². The van der Waals surface area contributed by atoms with Crippen LogP contribution in [-0.2, 0) is 0 Å². The third-order valence-electron chi connectivity index (χ3n) is 2.71. The van der Waals surface area contributed by atoms with E-state index in [1.807, 2.05) is 13.0 Å². The first kappa shape index (κ1) is 13.8. The molecule has 94 valence electrons. The van der Waals surface area contributed by atoms with Crippen molar-refractivity contribution in [1.82, 2.24) is 5.32 Å². The lowest BCUT2D eigenvalue weighted by atomic mass is 10.00. The highest BCUT2D eigenvalue weighted by Crippen LogP contribution is 2.23. The molecule has 0 aliphatic rings. The van der Waals surface area contributed by atoms with Gasteiger partial charge < -0.3 is 5.32 Å². The molecule has 0 aromatic heterocycles. The molecule has 0 saturated heterocycles. The summed E-state index contributed by atoms with van der Waals surface area (Å²) < 4.78 is 26.8. The molecule has 1 aromatic carbocycles. The van der Waals surface area contributed by atoms with Crippen molar-refractivity contribution in [1.29, 1.82) is 0 Å². The maximum absolute atomic E-state index is 13.6. The van der Waals surface area contributed by atoms with Gasteiger partial charge in [0.15, 0.2) is 11.6 Å². The average molecular weight is 239 g/mol. The van der Waals surface area contributed by atoms with Crippen molar-refractivity contribution >= 4 is 0 Å². The normalized spacial score (nSPS) is 12.4. The Hall–Kier alpha value is -1.22. The van der Waals surface area contributed by atoms with Crippen LogP contribution in [0.1, 0.15) is 37.8 Å². The van der Waals surface area contributed by atoms with E-state index in [0.29, 0.717) is 5.56 Å². The SMILES string of the molecule is C=CCCCC(NCC)c1cccc(F)c1F. The molecule has 3 heteroatoms. The van der Waals surface area contributed by atoms with Gasteiger partial charge in [-0.3, -0.25) is 0 Å². The van der Waals surface area contributed by atoms with Crippen molar-refractivity contribution in [2.45, 2.75) is 32.2 Å². The Morgan fingerprint density at radius 3 is 2.82 bits per heavy atom. The molecule has 0 radical (unpaired) electrons. The lowest BCUT2D eigenvalue weighted by Crippen LogP contribution is -2.22. The standard InChI is InChI=1S/C14H19F2N/c1-3-5-6-10-13(17-4-2)11-8-7-9-12(15)14(11)16/h3,7-9,13,17H,1,4-6,10H2,2H3. The van der Waals surface area contributed by atoms with Crippen molar-refractivity contribution in [2.24, 2.45) is 0 Å². The summed E-state index contributed by atoms with van der Waals surface area (Å²) in [7, 11) is 0. The van der Waals surface area contributed by atoms with E-state index in [-0.39, 0.29) is 6.04 Å². The molecule has 1 N–H and O–H groups in total. The summed E-state index contributed by atoms with van der Waals surface area (Å²) >= 11 is 0. The van der Waals surface area contributed by atoms with E-state index in [4.69, 9.17) is 0 Å². The second-order valence-electron chi connectivity index (χ2n) is 3.97. The predicted molar refractivity (Wildman–Crippen MR) is 66.8 cm³/mol. The van der Waals surface area contributed by atoms with Crippen LogP contribution in [0.5, 0.6) is 0 Å². The van der Waals surface area contributed by atoms with Crippen molar-refractivity contribution in [3.05, 3.63) is 48.1 Å². The Balaban J connectivity index is 2.81. The molecule has 0 aliphatic carbocycles. The molecule has 1 nitrogen and oxygen atoms in total. The summed E-state index contributed by atoms with van der Waals surface area (Å²) in [5, 5.41) is 3.18. The van der Waals surface area contributed by atoms with Gasteiger partial charge in [-0.2, -0.15) is 0 Å². The topological polar surface area (TPSA) is 12.0 Å². The summed E-state index contributed by atoms with van der Waals surface area (Å²) in [6.07, 6.45) is 4.42. The molecule has 1 unspecified atom stereocenters. The monoisotopic (exact) mass is 239 g/mol. The smallest absolute Gasteiger partial charge is 0.163 e. The van der Waals surface area contributed by atoms with Gasteiger partial charge in [-0.15, -0.1) is 6.58 Å². The summed E-state index contributed by atoms with van der Waals surface area (Å²) in [5.41, 5.74) is 0.413. The molecule has 0 fully saturated rings. The van der Waals surface area contributed by atoms with E-state index < -0.39 is 11.6 Å². The molecular weight excluding hydrogens is 220 g/mol. The number of rotatable bonds is 7. The third-order valence-corrected chi connectivity index (χ3v) is 2.71. The van der Waals surface area contributed by atoms with E-state index in [0.717, 1.165) is 31.9 Å². The van der Waals surface area contributed by atoms with Crippen molar-refractivity contribution < 1.29 is 8.78 Å². The van der Waals surface area contributed by atoms with Gasteiger partial charge in [-0.1, -0.05) is 25.1 Å². The lowest BCUT2D eigenvalue weighted by Gasteiger charge is -2.18. The van der Waals surface area contributed by atoms with E-state index in [2.05, 4.69) is 11.9 Å². The minimum atomic E-state index is -0.783. The first-order valence-electron chi connectivity index (χ1n) is 5.98. The minimum Gasteiger partial charge on any atom is -0.310 e. The van der Waals surface area contributed by atoms with Crippen LogP contribution >= 0.6 is 0 Å². The zero-order valence-electron chi connectivity index (χ0n) is 10.2. The van der Waals surface area contributed by atoms with Crippen molar-refractivity contribution in [3.63, 3.8) is 0 Å². The van der Waals surface area contributed by atoms with Gasteiger partial charge in [0.1, 0.15) is 0 Å². The highest BCUT2D eigenvalue weighted by molar-refractivity contribution is 5.22. The average Bonchev–Trinajstić information content (AvgIpc) is 2.32. The summed E-state index contributed by atoms with van der Waals surface area (Å²) in [4.78, 5) is 0. The van der Waals surface area contributed by atoms with E-state index in [1.54, 1.807) is 12.1 Å². The molecule has 1 rings (SSSR count). The van der Waals surface area contributed by atoms with Crippen LogP contribution in [0.4, 0.5) is 8.78 Å². The number of halogens is 2. The Kier molecular flexibility index (Phi) is 5.84. The van der Waals surface area contributed by atoms with Crippen LogP contribution in [0.3, 0.4) is 0 Å². The fourth-order valence-corrected chi connectivity index (χ4v) is 1.87. The van der Waals surface area contributed by atoms with Crippen LogP contribution in [0, 0.1) is 11.6 Å². The van der Waals surface area contributed by atoms with E-state index >= 15 is 0 Å². The maximum Gasteiger partial charge on any atom is 0.163 e. The van der Waals surface area contributed by atoms with Gasteiger partial charge in [0.25, 0.3) is 0 Å². The van der Waals surface area contributed by atoms with Crippen LogP contribution in [0.15, 0.2) is 30.9 Å². The molecule has 0 spiro atoms. The van der Waals surface area contributed by atoms with Crippen molar-refractivity contribution in [2.75, 3.05) is 6.54 Å². The van der Waals surface area contributed by atoms with E-state index in [9.17, 15) is 8.78 Å². The highest BCUT2D eigenvalue weighted by Gasteiger charge is 2.16. The molecule has 0 aliphatic heterocycles. The summed E-state index contributed by atoms with van der Waals surface area (Å²) in [6, 6.07) is 4.20. The zero-order chi connectivity index (χ0) is 12.7. The molecule has 1 aromatic rings. The fraction of sp³-hybridized carbons (Fsp3) is 0.429. The highest BCUT2D eigenvalue weighted by atomic mass is 19.2. The molecule has 0 saturated carbocycles. The van der Waals surface area contributed by atoms with Gasteiger partial charge in [0, 0.05) is 11.6 Å². The van der Waals surface area contributed by atoms with E-state index in [1.165, 1.54) is 0 Å². The lowest BCUT2D eigenvalue weighted by molar-refractivity contribution is 0.446. The molecule has 0 heterocycles.